The topological polar surface area (TPSA) is 0 Å². The van der Waals surface area contributed by atoms with Gasteiger partial charge in [0.25, 0.3) is 0 Å². The Morgan fingerprint density at radius 1 is 1.17 bits per heavy atom. The molecule has 0 spiro atoms. The zero-order chi connectivity index (χ0) is 13.4. The van der Waals surface area contributed by atoms with E-state index in [0.29, 0.717) is 5.41 Å². The highest BCUT2D eigenvalue weighted by Gasteiger charge is 2.19. The predicted molar refractivity (Wildman–Crippen MR) is 82.8 cm³/mol. The maximum atomic E-state index is 4.03. The number of hydrogen-bond acceptors (Lipinski definition) is 0. The van der Waals surface area contributed by atoms with E-state index in [-0.39, 0.29) is 0 Å². The molecular formula is C18H30. The first-order chi connectivity index (χ1) is 8.53. The van der Waals surface area contributed by atoms with E-state index in [9.17, 15) is 0 Å². The van der Waals surface area contributed by atoms with Gasteiger partial charge in [-0.3, -0.25) is 0 Å². The van der Waals surface area contributed by atoms with Crippen molar-refractivity contribution in [3.8, 4) is 0 Å². The summed E-state index contributed by atoms with van der Waals surface area (Å²) in [6.07, 6.45) is 17.3. The fourth-order valence-electron chi connectivity index (χ4n) is 2.76. The lowest BCUT2D eigenvalue weighted by molar-refractivity contribution is 0.314. The largest absolute Gasteiger partial charge is 0.0918 e. The third-order valence-electron chi connectivity index (χ3n) is 3.76. The molecule has 18 heavy (non-hydrogen) atoms. The second kappa shape index (κ2) is 7.61. The first-order valence-electron chi connectivity index (χ1n) is 7.58. The van der Waals surface area contributed by atoms with Crippen molar-refractivity contribution in [2.24, 2.45) is 5.41 Å². The van der Waals surface area contributed by atoms with E-state index in [1.165, 1.54) is 44.9 Å². The van der Waals surface area contributed by atoms with Gasteiger partial charge in [-0.25, -0.2) is 0 Å². The molecule has 0 atom stereocenters. The first kappa shape index (κ1) is 15.3. The fourth-order valence-corrected chi connectivity index (χ4v) is 2.76. The van der Waals surface area contributed by atoms with Gasteiger partial charge in [-0.1, -0.05) is 83.3 Å². The molecule has 0 saturated carbocycles. The zero-order valence-corrected chi connectivity index (χ0v) is 12.6. The minimum Gasteiger partial charge on any atom is -0.0918 e. The van der Waals surface area contributed by atoms with Gasteiger partial charge in [-0.15, -0.1) is 0 Å². The molecule has 0 aromatic carbocycles. The van der Waals surface area contributed by atoms with Gasteiger partial charge < -0.3 is 0 Å². The lowest BCUT2D eigenvalue weighted by Gasteiger charge is -2.27. The molecule has 0 saturated heterocycles. The van der Waals surface area contributed by atoms with Crippen LogP contribution in [0.3, 0.4) is 0 Å². The molecule has 1 rings (SSSR count). The Hall–Kier alpha value is -0.780. The molecule has 102 valence electrons. The van der Waals surface area contributed by atoms with Crippen LogP contribution >= 0.6 is 0 Å². The monoisotopic (exact) mass is 246 g/mol. The van der Waals surface area contributed by atoms with Crippen molar-refractivity contribution in [2.75, 3.05) is 0 Å². The van der Waals surface area contributed by atoms with E-state index in [2.05, 4.69) is 45.6 Å². The van der Waals surface area contributed by atoms with Gasteiger partial charge in [0, 0.05) is 0 Å². The highest BCUT2D eigenvalue weighted by atomic mass is 14.2. The van der Waals surface area contributed by atoms with Gasteiger partial charge in [0.1, 0.15) is 0 Å². The van der Waals surface area contributed by atoms with Crippen LogP contribution in [-0.4, -0.2) is 0 Å². The molecule has 0 bridgehead atoms. The van der Waals surface area contributed by atoms with Crippen molar-refractivity contribution >= 4 is 0 Å². The van der Waals surface area contributed by atoms with E-state index in [0.717, 1.165) is 12.0 Å². The molecule has 1 aliphatic carbocycles. The van der Waals surface area contributed by atoms with E-state index < -0.39 is 0 Å². The van der Waals surface area contributed by atoms with E-state index in [1.54, 1.807) is 5.57 Å². The third kappa shape index (κ3) is 6.23. The quantitative estimate of drug-likeness (QED) is 0.447. The first-order valence-corrected chi connectivity index (χ1v) is 7.58. The summed E-state index contributed by atoms with van der Waals surface area (Å²) in [4.78, 5) is 0. The van der Waals surface area contributed by atoms with Crippen molar-refractivity contribution in [2.45, 2.75) is 72.1 Å². The van der Waals surface area contributed by atoms with Crippen molar-refractivity contribution in [3.05, 3.63) is 36.0 Å². The second-order valence-corrected chi connectivity index (χ2v) is 6.49. The van der Waals surface area contributed by atoms with Crippen molar-refractivity contribution in [3.63, 3.8) is 0 Å². The maximum absolute atomic E-state index is 4.03. The molecule has 1 aliphatic rings. The van der Waals surface area contributed by atoms with Crippen molar-refractivity contribution in [1.82, 2.24) is 0 Å². The van der Waals surface area contributed by atoms with Gasteiger partial charge in [0.05, 0.1) is 0 Å². The molecule has 0 nitrogen and oxygen atoms in total. The zero-order valence-electron chi connectivity index (χ0n) is 12.6. The Morgan fingerprint density at radius 3 is 2.56 bits per heavy atom. The van der Waals surface area contributed by atoms with Crippen LogP contribution in [-0.2, 0) is 0 Å². The molecule has 0 aromatic heterocycles. The highest BCUT2D eigenvalue weighted by Crippen LogP contribution is 2.34. The molecule has 0 aliphatic heterocycles. The van der Waals surface area contributed by atoms with Crippen LogP contribution in [0, 0.1) is 5.41 Å². The lowest BCUT2D eigenvalue weighted by Crippen LogP contribution is -2.13. The second-order valence-electron chi connectivity index (χ2n) is 6.49. The Bertz CT molecular complexity index is 315. The van der Waals surface area contributed by atoms with Gasteiger partial charge in [0.2, 0.25) is 0 Å². The fraction of sp³-hybridized carbons (Fsp3) is 0.667. The van der Waals surface area contributed by atoms with Crippen molar-refractivity contribution < 1.29 is 0 Å². The van der Waals surface area contributed by atoms with Crippen LogP contribution < -0.4 is 0 Å². The van der Waals surface area contributed by atoms with Gasteiger partial charge in [-0.2, -0.15) is 0 Å². The molecule has 0 heteroatoms. The summed E-state index contributed by atoms with van der Waals surface area (Å²) < 4.78 is 0. The Morgan fingerprint density at radius 2 is 1.89 bits per heavy atom. The molecule has 0 fully saturated rings. The highest BCUT2D eigenvalue weighted by molar-refractivity contribution is 5.36. The molecule has 0 aromatic rings. The summed E-state index contributed by atoms with van der Waals surface area (Å²) in [6.45, 7) is 11.1. The third-order valence-corrected chi connectivity index (χ3v) is 3.76. The van der Waals surface area contributed by atoms with E-state index >= 15 is 0 Å². The van der Waals surface area contributed by atoms with Crippen LogP contribution in [0.1, 0.15) is 72.1 Å². The number of unbranched alkanes of at least 4 members (excludes halogenated alkanes) is 4. The van der Waals surface area contributed by atoms with E-state index in [1.807, 2.05) is 0 Å². The Labute approximate surface area is 114 Å². The van der Waals surface area contributed by atoms with Crippen LogP contribution in [0.25, 0.3) is 0 Å². The number of rotatable bonds is 8. The van der Waals surface area contributed by atoms with Crippen LogP contribution in [0.2, 0.25) is 0 Å². The minimum atomic E-state index is 0.448. The van der Waals surface area contributed by atoms with E-state index in [4.69, 9.17) is 0 Å². The number of allylic oxidation sites excluding steroid dienone is 5. The summed E-state index contributed by atoms with van der Waals surface area (Å²) in [5.74, 6) is 0. The minimum absolute atomic E-state index is 0.448. The van der Waals surface area contributed by atoms with Crippen LogP contribution in [0.15, 0.2) is 36.0 Å². The Balaban J connectivity index is 2.28. The lowest BCUT2D eigenvalue weighted by atomic mass is 9.79. The standard InChI is InChI=1S/C18H30/c1-5-6-7-8-9-13-18(3,4)15-17-12-10-11-16(2)14-17/h10-11,14H,2,5-9,12-13,15H2,1,3-4H3. The average molecular weight is 246 g/mol. The summed E-state index contributed by atoms with van der Waals surface area (Å²) in [6, 6.07) is 0. The van der Waals surface area contributed by atoms with Gasteiger partial charge >= 0.3 is 0 Å². The van der Waals surface area contributed by atoms with Crippen molar-refractivity contribution in [1.29, 1.82) is 0 Å². The average Bonchev–Trinajstić information content (AvgIpc) is 2.28. The summed E-state index contributed by atoms with van der Waals surface area (Å²) in [5.41, 5.74) is 3.17. The summed E-state index contributed by atoms with van der Waals surface area (Å²) in [5, 5.41) is 0. The van der Waals surface area contributed by atoms with Gasteiger partial charge in [-0.05, 0) is 30.3 Å². The van der Waals surface area contributed by atoms with Gasteiger partial charge in [0.15, 0.2) is 0 Å². The summed E-state index contributed by atoms with van der Waals surface area (Å²) in [7, 11) is 0. The van der Waals surface area contributed by atoms with Crippen LogP contribution in [0.4, 0.5) is 0 Å². The predicted octanol–water partition coefficient (Wildman–Crippen LogP) is 6.21. The Kier molecular flexibility index (Phi) is 6.46. The molecule has 0 heterocycles. The molecule has 0 unspecified atom stereocenters. The smallest absolute Gasteiger partial charge is 0.0132 e. The summed E-state index contributed by atoms with van der Waals surface area (Å²) >= 11 is 0. The molecular weight excluding hydrogens is 216 g/mol. The normalized spacial score (nSPS) is 15.9. The molecule has 0 N–H and O–H groups in total. The molecule has 0 radical (unpaired) electrons. The number of hydrogen-bond donors (Lipinski definition) is 0. The molecule has 0 amide bonds. The maximum Gasteiger partial charge on any atom is -0.0132 e. The SMILES string of the molecule is C=C1C=CCC(CC(C)(C)CCCCCCC)=C1. The van der Waals surface area contributed by atoms with Crippen LogP contribution in [0.5, 0.6) is 0 Å².